The van der Waals surface area contributed by atoms with Gasteiger partial charge >= 0.3 is 5.97 Å². The largest absolute Gasteiger partial charge is 0.461 e. The van der Waals surface area contributed by atoms with E-state index >= 15 is 0 Å². The fourth-order valence-electron chi connectivity index (χ4n) is 1.57. The molecule has 0 spiro atoms. The predicted octanol–water partition coefficient (Wildman–Crippen LogP) is 1.91. The minimum Gasteiger partial charge on any atom is -0.461 e. The Balaban J connectivity index is 2.49. The number of para-hydroxylation sites is 1. The van der Waals surface area contributed by atoms with Gasteiger partial charge in [0.15, 0.2) is 17.3 Å². The van der Waals surface area contributed by atoms with Crippen LogP contribution in [0.2, 0.25) is 0 Å². The number of nitrogens with two attached hydrogens (primary N) is 1. The van der Waals surface area contributed by atoms with E-state index in [1.165, 1.54) is 12.1 Å². The van der Waals surface area contributed by atoms with Gasteiger partial charge in [0.1, 0.15) is 11.5 Å². The van der Waals surface area contributed by atoms with Crippen molar-refractivity contribution in [2.24, 2.45) is 0 Å². The number of rotatable bonds is 3. The van der Waals surface area contributed by atoms with Gasteiger partial charge in [-0.25, -0.2) is 18.3 Å². The first-order valence-corrected chi connectivity index (χ1v) is 5.51. The Labute approximate surface area is 107 Å². The van der Waals surface area contributed by atoms with Crippen molar-refractivity contribution in [3.05, 3.63) is 41.6 Å². The van der Waals surface area contributed by atoms with Gasteiger partial charge in [0.05, 0.1) is 6.61 Å². The highest BCUT2D eigenvalue weighted by Crippen LogP contribution is 2.21. The molecule has 0 amide bonds. The Bertz CT molecular complexity index is 605. The van der Waals surface area contributed by atoms with Crippen LogP contribution in [-0.2, 0) is 4.74 Å². The van der Waals surface area contributed by atoms with Crippen molar-refractivity contribution < 1.29 is 18.3 Å². The zero-order valence-corrected chi connectivity index (χ0v) is 10.1. The molecule has 5 nitrogen and oxygen atoms in total. The molecule has 0 aliphatic carbocycles. The Morgan fingerprint density at radius 3 is 2.63 bits per heavy atom. The molecule has 1 aromatic heterocycles. The average molecular weight is 267 g/mol. The van der Waals surface area contributed by atoms with Gasteiger partial charge in [0.2, 0.25) is 0 Å². The zero-order valence-electron chi connectivity index (χ0n) is 10.1. The molecule has 0 unspecified atom stereocenters. The van der Waals surface area contributed by atoms with Crippen molar-refractivity contribution in [1.82, 2.24) is 9.78 Å². The van der Waals surface area contributed by atoms with Crippen LogP contribution < -0.4 is 5.73 Å². The van der Waals surface area contributed by atoms with E-state index < -0.39 is 23.3 Å². The number of esters is 1. The van der Waals surface area contributed by atoms with Gasteiger partial charge in [-0.1, -0.05) is 6.07 Å². The van der Waals surface area contributed by atoms with Crippen LogP contribution in [0.3, 0.4) is 0 Å². The van der Waals surface area contributed by atoms with Crippen molar-refractivity contribution in [2.75, 3.05) is 12.3 Å². The second-order valence-electron chi connectivity index (χ2n) is 3.66. The van der Waals surface area contributed by atoms with Gasteiger partial charge in [-0.15, -0.1) is 0 Å². The van der Waals surface area contributed by atoms with Gasteiger partial charge in [-0.2, -0.15) is 5.10 Å². The Morgan fingerprint density at radius 2 is 2.05 bits per heavy atom. The van der Waals surface area contributed by atoms with E-state index in [1.807, 2.05) is 0 Å². The molecule has 7 heteroatoms. The van der Waals surface area contributed by atoms with Crippen molar-refractivity contribution >= 4 is 11.8 Å². The zero-order chi connectivity index (χ0) is 14.0. The molecule has 0 fully saturated rings. The molecule has 0 atom stereocenters. The Morgan fingerprint density at radius 1 is 1.42 bits per heavy atom. The third-order valence-corrected chi connectivity index (χ3v) is 2.37. The average Bonchev–Trinajstić information content (AvgIpc) is 2.72. The quantitative estimate of drug-likeness (QED) is 0.862. The molecule has 19 heavy (non-hydrogen) atoms. The van der Waals surface area contributed by atoms with Crippen LogP contribution in [0.1, 0.15) is 17.4 Å². The first-order valence-electron chi connectivity index (χ1n) is 5.51. The highest BCUT2D eigenvalue weighted by atomic mass is 19.1. The number of hydrogen-bond donors (Lipinski definition) is 1. The van der Waals surface area contributed by atoms with Crippen LogP contribution in [0, 0.1) is 11.6 Å². The van der Waals surface area contributed by atoms with Crippen LogP contribution in [0.5, 0.6) is 0 Å². The molecule has 0 aliphatic rings. The summed E-state index contributed by atoms with van der Waals surface area (Å²) in [4.78, 5) is 11.5. The smallest absolute Gasteiger partial charge is 0.358 e. The van der Waals surface area contributed by atoms with Crippen molar-refractivity contribution in [3.8, 4) is 5.69 Å². The number of ether oxygens (including phenoxy) is 1. The fraction of sp³-hybridized carbons (Fsp3) is 0.167. The topological polar surface area (TPSA) is 70.1 Å². The maximum absolute atomic E-state index is 13.6. The standard InChI is InChI=1S/C12H11F2N3O2/c1-2-19-12(18)9-6-10(15)17(16-9)11-7(13)4-3-5-8(11)14/h3-6H,2,15H2,1H3. The summed E-state index contributed by atoms with van der Waals surface area (Å²) in [5, 5.41) is 3.76. The number of benzene rings is 1. The molecular weight excluding hydrogens is 256 g/mol. The number of nitrogen functional groups attached to an aromatic ring is 1. The summed E-state index contributed by atoms with van der Waals surface area (Å²) >= 11 is 0. The van der Waals surface area contributed by atoms with Crippen LogP contribution in [0.4, 0.5) is 14.6 Å². The molecule has 100 valence electrons. The SMILES string of the molecule is CCOC(=O)c1cc(N)n(-c2c(F)cccc2F)n1. The van der Waals surface area contributed by atoms with E-state index in [0.717, 1.165) is 16.8 Å². The number of hydrogen-bond acceptors (Lipinski definition) is 4. The highest BCUT2D eigenvalue weighted by Gasteiger charge is 2.19. The number of nitrogens with zero attached hydrogens (tertiary/aromatic N) is 2. The first-order chi connectivity index (χ1) is 9.04. The highest BCUT2D eigenvalue weighted by molar-refractivity contribution is 5.88. The summed E-state index contributed by atoms with van der Waals surface area (Å²) < 4.78 is 32.8. The van der Waals surface area contributed by atoms with E-state index in [-0.39, 0.29) is 18.1 Å². The van der Waals surface area contributed by atoms with Crippen molar-refractivity contribution in [3.63, 3.8) is 0 Å². The molecule has 0 aliphatic heterocycles. The van der Waals surface area contributed by atoms with E-state index in [9.17, 15) is 13.6 Å². The lowest BCUT2D eigenvalue weighted by atomic mass is 10.3. The lowest BCUT2D eigenvalue weighted by molar-refractivity contribution is 0.0519. The minimum absolute atomic E-state index is 0.0629. The lowest BCUT2D eigenvalue weighted by Gasteiger charge is -2.06. The molecule has 0 saturated heterocycles. The molecular formula is C12H11F2N3O2. The molecule has 0 saturated carbocycles. The summed E-state index contributed by atoms with van der Waals surface area (Å²) in [5.74, 6) is -2.42. The summed E-state index contributed by atoms with van der Waals surface area (Å²) in [6, 6.07) is 4.57. The Hall–Kier alpha value is -2.44. The third kappa shape index (κ3) is 2.40. The molecule has 1 aromatic carbocycles. The number of aromatic nitrogens is 2. The van der Waals surface area contributed by atoms with Gasteiger partial charge in [-0.05, 0) is 19.1 Å². The number of carbonyl (C=O) groups is 1. The Kier molecular flexibility index (Phi) is 3.46. The maximum atomic E-state index is 13.6. The summed E-state index contributed by atoms with van der Waals surface area (Å²) in [7, 11) is 0. The summed E-state index contributed by atoms with van der Waals surface area (Å²) in [5.41, 5.74) is 5.06. The van der Waals surface area contributed by atoms with Crippen LogP contribution in [0.25, 0.3) is 5.69 Å². The number of carbonyl (C=O) groups excluding carboxylic acids is 1. The van der Waals surface area contributed by atoms with E-state index in [4.69, 9.17) is 10.5 Å². The second kappa shape index (κ2) is 5.05. The monoisotopic (exact) mass is 267 g/mol. The van der Waals surface area contributed by atoms with Crippen molar-refractivity contribution in [2.45, 2.75) is 6.92 Å². The number of anilines is 1. The van der Waals surface area contributed by atoms with E-state index in [2.05, 4.69) is 5.10 Å². The van der Waals surface area contributed by atoms with Crippen LogP contribution in [0.15, 0.2) is 24.3 Å². The maximum Gasteiger partial charge on any atom is 0.358 e. The third-order valence-electron chi connectivity index (χ3n) is 2.37. The van der Waals surface area contributed by atoms with Gasteiger partial charge in [-0.3, -0.25) is 0 Å². The van der Waals surface area contributed by atoms with Gasteiger partial charge < -0.3 is 10.5 Å². The van der Waals surface area contributed by atoms with Gasteiger partial charge in [0, 0.05) is 6.07 Å². The fourth-order valence-corrected chi connectivity index (χ4v) is 1.57. The lowest BCUT2D eigenvalue weighted by Crippen LogP contribution is -2.09. The predicted molar refractivity (Wildman–Crippen MR) is 63.8 cm³/mol. The molecule has 2 N–H and O–H groups in total. The van der Waals surface area contributed by atoms with E-state index in [0.29, 0.717) is 0 Å². The summed E-state index contributed by atoms with van der Waals surface area (Å²) in [6.45, 7) is 1.80. The van der Waals surface area contributed by atoms with E-state index in [1.54, 1.807) is 6.92 Å². The van der Waals surface area contributed by atoms with Crippen molar-refractivity contribution in [1.29, 1.82) is 0 Å². The normalized spacial score (nSPS) is 10.5. The minimum atomic E-state index is -0.829. The molecule has 0 bridgehead atoms. The molecule has 0 radical (unpaired) electrons. The first kappa shape index (κ1) is 13.0. The second-order valence-corrected chi connectivity index (χ2v) is 3.66. The summed E-state index contributed by atoms with van der Waals surface area (Å²) in [6.07, 6.45) is 0. The van der Waals surface area contributed by atoms with Crippen LogP contribution >= 0.6 is 0 Å². The molecule has 2 aromatic rings. The molecule has 1 heterocycles. The molecule has 2 rings (SSSR count). The number of halogens is 2. The van der Waals surface area contributed by atoms with Crippen LogP contribution in [-0.4, -0.2) is 22.4 Å². The van der Waals surface area contributed by atoms with Gasteiger partial charge in [0.25, 0.3) is 0 Å².